The first-order valence-corrected chi connectivity index (χ1v) is 16.3. The molecule has 2 N–H and O–H groups in total. The number of aromatic nitrogens is 1. The maximum absolute atomic E-state index is 12.5. The predicted octanol–water partition coefficient (Wildman–Crippen LogP) is -4.65. The van der Waals surface area contributed by atoms with Crippen LogP contribution in [0.25, 0.3) is 0 Å². The van der Waals surface area contributed by atoms with E-state index in [9.17, 15) is 42.3 Å². The SMILES string of the molecule is CC(=O)OCC1=C(C(=O)[O-])N2C(=O)[C@@H](NC(=O)CSc3ccncc3)[C@H]2SC1.CC1(C)[C@H](C(=O)O)N2C(=O)C[C@H]2S1(=O)=O.[Na+]. The van der Waals surface area contributed by atoms with Crippen molar-refractivity contribution < 1.29 is 81.7 Å². The molecule has 15 nitrogen and oxygen atoms in total. The fraction of sp³-hybridized carbons (Fsp3) is 0.480. The van der Waals surface area contributed by atoms with Gasteiger partial charge in [0, 0.05) is 35.5 Å². The Morgan fingerprint density at radius 3 is 2.39 bits per heavy atom. The zero-order valence-electron chi connectivity index (χ0n) is 24.0. The minimum absolute atomic E-state index is 0. The van der Waals surface area contributed by atoms with Crippen LogP contribution >= 0.6 is 23.5 Å². The minimum Gasteiger partial charge on any atom is -0.543 e. The van der Waals surface area contributed by atoms with Crippen molar-refractivity contribution in [2.75, 3.05) is 18.1 Å². The van der Waals surface area contributed by atoms with Gasteiger partial charge < -0.3 is 30.0 Å². The first-order chi connectivity index (χ1) is 20.1. The number of nitrogens with one attached hydrogen (secondary N) is 1. The minimum atomic E-state index is -3.57. The molecule has 0 bridgehead atoms. The molecule has 1 aromatic heterocycles. The van der Waals surface area contributed by atoms with Gasteiger partial charge in [0.2, 0.25) is 11.8 Å². The number of nitrogens with zero attached hydrogens (tertiary/aromatic N) is 3. The molecule has 0 aliphatic carbocycles. The number of hydrogen-bond donors (Lipinski definition) is 2. The monoisotopic (exact) mass is 678 g/mol. The number of carboxylic acid groups (broad SMARTS) is 2. The van der Waals surface area contributed by atoms with Gasteiger partial charge in [-0.05, 0) is 26.0 Å². The molecular formula is C25H27N4NaO11S3. The number of aliphatic carboxylic acids is 2. The molecule has 4 atom stereocenters. The van der Waals surface area contributed by atoms with E-state index >= 15 is 0 Å². The van der Waals surface area contributed by atoms with Crippen molar-refractivity contribution in [2.24, 2.45) is 0 Å². The summed E-state index contributed by atoms with van der Waals surface area (Å²) >= 11 is 2.60. The Kier molecular flexibility index (Phi) is 11.2. The van der Waals surface area contributed by atoms with E-state index in [1.807, 2.05) is 0 Å². The molecule has 4 aliphatic heterocycles. The summed E-state index contributed by atoms with van der Waals surface area (Å²) in [4.78, 5) is 76.1. The molecule has 0 unspecified atom stereocenters. The van der Waals surface area contributed by atoms with Crippen LogP contribution in [-0.4, -0.2) is 110 Å². The first-order valence-electron chi connectivity index (χ1n) is 12.7. The number of hydrogen-bond acceptors (Lipinski definition) is 13. The van der Waals surface area contributed by atoms with Crippen molar-refractivity contribution in [3.8, 4) is 0 Å². The third-order valence-corrected chi connectivity index (χ3v) is 12.4. The average molecular weight is 679 g/mol. The van der Waals surface area contributed by atoms with Crippen LogP contribution in [-0.2, 0) is 43.3 Å². The van der Waals surface area contributed by atoms with Gasteiger partial charge in [-0.1, -0.05) is 0 Å². The third kappa shape index (κ3) is 6.64. The number of carbonyl (C=O) groups is 6. The number of carboxylic acids is 2. The zero-order valence-corrected chi connectivity index (χ0v) is 28.5. The number of β-lactam (4-membered cyclic amide) rings is 2. The van der Waals surface area contributed by atoms with Crippen molar-refractivity contribution in [2.45, 2.75) is 59.7 Å². The second kappa shape index (κ2) is 13.8. The van der Waals surface area contributed by atoms with Gasteiger partial charge in [0.1, 0.15) is 29.4 Å². The summed E-state index contributed by atoms with van der Waals surface area (Å²) in [6, 6.07) is 1.48. The van der Waals surface area contributed by atoms with E-state index in [1.54, 1.807) is 24.5 Å². The molecule has 4 aliphatic rings. The Labute approximate surface area is 282 Å². The zero-order chi connectivity index (χ0) is 31.9. The average Bonchev–Trinajstić information content (AvgIpc) is 3.07. The summed E-state index contributed by atoms with van der Waals surface area (Å²) in [5.74, 6) is -4.22. The standard InChI is InChI=1S/C17H17N3O6S2.C8H11NO5S.Na/c1-9(21)26-6-10-7-28-16-13(15(23)20(16)14(10)17(24)25)19-12(22)8-27-11-2-4-18-5-3-11;1-8(2)6(7(11)12)9-4(10)3-5(9)15(8,13)14;/h2-5,13,16H,6-8H2,1H3,(H,19,22)(H,24,25);5-6H,3H2,1-2H3,(H,11,12);/q;;+1/p-1/t13-,16-;5-,6+;/m11./s1. The molecule has 5 heterocycles. The molecule has 1 aromatic rings. The third-order valence-electron chi connectivity index (χ3n) is 7.24. The van der Waals surface area contributed by atoms with Crippen LogP contribution in [0.1, 0.15) is 27.2 Å². The Hall–Kier alpha value is -2.64. The van der Waals surface area contributed by atoms with Crippen molar-refractivity contribution in [3.63, 3.8) is 0 Å². The largest absolute Gasteiger partial charge is 1.00 e. The number of rotatable bonds is 8. The summed E-state index contributed by atoms with van der Waals surface area (Å²) < 4.78 is 27.2. The number of carbonyl (C=O) groups excluding carboxylic acids is 5. The van der Waals surface area contributed by atoms with E-state index in [0.29, 0.717) is 5.57 Å². The van der Waals surface area contributed by atoms with Gasteiger partial charge in [-0.3, -0.25) is 29.1 Å². The van der Waals surface area contributed by atoms with Gasteiger partial charge in [0.25, 0.3) is 5.91 Å². The molecule has 3 saturated heterocycles. The molecule has 3 amide bonds. The van der Waals surface area contributed by atoms with E-state index in [0.717, 1.165) is 14.7 Å². The van der Waals surface area contributed by atoms with Crippen LogP contribution < -0.4 is 40.0 Å². The van der Waals surface area contributed by atoms with Gasteiger partial charge in [-0.2, -0.15) is 0 Å². The van der Waals surface area contributed by atoms with Gasteiger partial charge in [-0.25, -0.2) is 13.2 Å². The number of pyridine rings is 1. The van der Waals surface area contributed by atoms with Crippen LogP contribution in [0.4, 0.5) is 0 Å². The summed E-state index contributed by atoms with van der Waals surface area (Å²) in [5.41, 5.74) is 0.00878. The van der Waals surface area contributed by atoms with Crippen molar-refractivity contribution >= 4 is 69.0 Å². The Morgan fingerprint density at radius 1 is 1.23 bits per heavy atom. The molecule has 0 radical (unpaired) electrons. The number of ether oxygens (including phenoxy) is 1. The smallest absolute Gasteiger partial charge is 0.543 e. The number of sulfone groups is 1. The molecule has 19 heteroatoms. The van der Waals surface area contributed by atoms with Crippen molar-refractivity contribution in [3.05, 3.63) is 35.8 Å². The fourth-order valence-corrected chi connectivity index (χ4v) is 9.15. The number of esters is 1. The van der Waals surface area contributed by atoms with Crippen LogP contribution in [0.3, 0.4) is 0 Å². The second-order valence-electron chi connectivity index (χ2n) is 10.3. The maximum atomic E-state index is 12.5. The van der Waals surface area contributed by atoms with E-state index in [1.165, 1.54) is 44.3 Å². The summed E-state index contributed by atoms with van der Waals surface area (Å²) in [5, 5.41) is 21.7. The molecule has 3 fully saturated rings. The van der Waals surface area contributed by atoms with Crippen LogP contribution in [0.15, 0.2) is 40.7 Å². The molecular weight excluding hydrogens is 651 g/mol. The van der Waals surface area contributed by atoms with Crippen LogP contribution in [0, 0.1) is 0 Å². The Balaban J connectivity index is 0.000000279. The molecule has 44 heavy (non-hydrogen) atoms. The number of thioether (sulfide) groups is 2. The molecule has 0 saturated carbocycles. The van der Waals surface area contributed by atoms with E-state index in [4.69, 9.17) is 9.84 Å². The maximum Gasteiger partial charge on any atom is 1.00 e. The molecule has 5 rings (SSSR count). The summed E-state index contributed by atoms with van der Waals surface area (Å²) in [6.45, 7) is 3.70. The summed E-state index contributed by atoms with van der Waals surface area (Å²) in [7, 11) is -3.57. The second-order valence-corrected chi connectivity index (χ2v) is 15.1. The van der Waals surface area contributed by atoms with Gasteiger partial charge in [0.05, 0.1) is 28.6 Å². The first kappa shape index (κ1) is 35.8. The predicted molar refractivity (Wildman–Crippen MR) is 148 cm³/mol. The van der Waals surface area contributed by atoms with Crippen molar-refractivity contribution in [1.82, 2.24) is 20.1 Å². The van der Waals surface area contributed by atoms with Gasteiger partial charge >= 0.3 is 41.5 Å². The van der Waals surface area contributed by atoms with Crippen LogP contribution in [0.5, 0.6) is 0 Å². The van der Waals surface area contributed by atoms with Crippen LogP contribution in [0.2, 0.25) is 0 Å². The number of amides is 3. The van der Waals surface area contributed by atoms with E-state index < -0.39 is 67.1 Å². The Bertz CT molecular complexity index is 1520. The molecule has 0 spiro atoms. The molecule has 232 valence electrons. The van der Waals surface area contributed by atoms with Gasteiger partial charge in [0.15, 0.2) is 9.84 Å². The van der Waals surface area contributed by atoms with Gasteiger partial charge in [-0.15, -0.1) is 23.5 Å². The number of fused-ring (bicyclic) bond motifs is 2. The van der Waals surface area contributed by atoms with E-state index in [-0.39, 0.29) is 65.7 Å². The van der Waals surface area contributed by atoms with Crippen molar-refractivity contribution in [1.29, 1.82) is 0 Å². The Morgan fingerprint density at radius 2 is 1.86 bits per heavy atom. The molecule has 0 aromatic carbocycles. The van der Waals surface area contributed by atoms with E-state index in [2.05, 4.69) is 10.3 Å². The fourth-order valence-electron chi connectivity index (χ4n) is 5.00. The topological polar surface area (TPSA) is 220 Å². The quantitative estimate of drug-likeness (QED) is 0.114. The summed E-state index contributed by atoms with van der Waals surface area (Å²) in [6.07, 6.45) is 3.15. The normalized spacial score (nSPS) is 25.5.